The Morgan fingerprint density at radius 2 is 0.800 bits per heavy atom. The molecule has 0 aliphatic rings. The Bertz CT molecular complexity index is 642. The van der Waals surface area contributed by atoms with Crippen LogP contribution in [0.25, 0.3) is 6.08 Å². The molecule has 9 heteroatoms. The summed E-state index contributed by atoms with van der Waals surface area (Å²) in [5.41, 5.74) is 2.35. The molecular formula is C31H54O9. The Kier molecular flexibility index (Phi) is 28.0. The number of rotatable bonds is 32. The Morgan fingerprint density at radius 1 is 0.450 bits per heavy atom. The summed E-state index contributed by atoms with van der Waals surface area (Å²) in [6.07, 6.45) is 8.98. The van der Waals surface area contributed by atoms with Gasteiger partial charge in [-0.2, -0.15) is 0 Å². The summed E-state index contributed by atoms with van der Waals surface area (Å²) in [5, 5.41) is 8.57. The summed E-state index contributed by atoms with van der Waals surface area (Å²) in [5.74, 6) is 0. The maximum absolute atomic E-state index is 8.57. The molecule has 0 saturated heterocycles. The van der Waals surface area contributed by atoms with Crippen molar-refractivity contribution in [1.29, 1.82) is 0 Å². The van der Waals surface area contributed by atoms with Crippen LogP contribution in [0.2, 0.25) is 0 Å². The first-order valence-electron chi connectivity index (χ1n) is 14.8. The first kappa shape index (κ1) is 36.6. The van der Waals surface area contributed by atoms with Crippen LogP contribution in [-0.4, -0.2) is 111 Å². The number of hydrogen-bond acceptors (Lipinski definition) is 9. The Morgan fingerprint density at radius 3 is 1.20 bits per heavy atom. The lowest BCUT2D eigenvalue weighted by Crippen LogP contribution is -2.14. The number of aliphatic hydroxyl groups excluding tert-OH is 1. The predicted molar refractivity (Wildman–Crippen MR) is 157 cm³/mol. The van der Waals surface area contributed by atoms with Gasteiger partial charge >= 0.3 is 0 Å². The standard InChI is InChI=1S/C31H54O9/c1-2-30-9-11-31(12-10-30)29-40-15-8-6-4-3-5-7-14-33-17-19-35-21-23-37-25-27-39-28-26-38-24-22-36-20-18-34-16-13-32/h2,9-12,32H,1,3-8,13-29H2. The van der Waals surface area contributed by atoms with Crippen molar-refractivity contribution in [2.45, 2.75) is 45.1 Å². The summed E-state index contributed by atoms with van der Waals surface area (Å²) < 4.78 is 43.7. The van der Waals surface area contributed by atoms with Gasteiger partial charge in [0.1, 0.15) is 0 Å². The third-order valence-electron chi connectivity index (χ3n) is 5.78. The lowest BCUT2D eigenvalue weighted by Gasteiger charge is -2.08. The van der Waals surface area contributed by atoms with Gasteiger partial charge in [-0.25, -0.2) is 0 Å². The van der Waals surface area contributed by atoms with Gasteiger partial charge in [0.05, 0.1) is 99.1 Å². The van der Waals surface area contributed by atoms with E-state index in [9.17, 15) is 0 Å². The predicted octanol–water partition coefficient (Wildman–Crippen LogP) is 4.30. The molecule has 1 N–H and O–H groups in total. The van der Waals surface area contributed by atoms with Gasteiger partial charge in [0, 0.05) is 13.2 Å². The Labute approximate surface area is 242 Å². The van der Waals surface area contributed by atoms with E-state index in [1.807, 2.05) is 6.08 Å². The van der Waals surface area contributed by atoms with Crippen molar-refractivity contribution in [2.75, 3.05) is 106 Å². The molecule has 0 aliphatic carbocycles. The van der Waals surface area contributed by atoms with E-state index < -0.39 is 0 Å². The highest BCUT2D eigenvalue weighted by Gasteiger charge is 1.97. The summed E-state index contributed by atoms with van der Waals surface area (Å²) >= 11 is 0. The van der Waals surface area contributed by atoms with E-state index in [1.54, 1.807) is 0 Å². The highest BCUT2D eigenvalue weighted by molar-refractivity contribution is 5.47. The first-order chi connectivity index (χ1) is 19.9. The van der Waals surface area contributed by atoms with Crippen LogP contribution in [-0.2, 0) is 44.5 Å². The average molecular weight is 571 g/mol. The molecule has 0 radical (unpaired) electrons. The molecule has 0 amide bonds. The summed E-state index contributed by atoms with van der Waals surface area (Å²) in [6, 6.07) is 8.33. The second kappa shape index (κ2) is 30.6. The summed E-state index contributed by atoms with van der Waals surface area (Å²) in [7, 11) is 0. The monoisotopic (exact) mass is 570 g/mol. The molecule has 0 fully saturated rings. The minimum atomic E-state index is 0.0333. The molecule has 1 aromatic carbocycles. The molecule has 0 spiro atoms. The molecule has 232 valence electrons. The van der Waals surface area contributed by atoms with Crippen molar-refractivity contribution in [1.82, 2.24) is 0 Å². The fraction of sp³-hybridized carbons (Fsp3) is 0.742. The SMILES string of the molecule is C=Cc1ccc(COCCCCCCCCOCCOCCOCCOCCOCCOCCOCCO)cc1. The Hall–Kier alpha value is -1.40. The molecule has 0 bridgehead atoms. The largest absolute Gasteiger partial charge is 0.394 e. The van der Waals surface area contributed by atoms with E-state index in [1.165, 1.54) is 31.2 Å². The minimum Gasteiger partial charge on any atom is -0.394 e. The average Bonchev–Trinajstić information content (AvgIpc) is 2.98. The van der Waals surface area contributed by atoms with Gasteiger partial charge in [-0.1, -0.05) is 62.6 Å². The van der Waals surface area contributed by atoms with Gasteiger partial charge in [0.15, 0.2) is 0 Å². The van der Waals surface area contributed by atoms with Crippen LogP contribution in [0.4, 0.5) is 0 Å². The van der Waals surface area contributed by atoms with Crippen LogP contribution in [0.3, 0.4) is 0 Å². The van der Waals surface area contributed by atoms with Gasteiger partial charge in [-0.15, -0.1) is 0 Å². The summed E-state index contributed by atoms with van der Waals surface area (Å²) in [4.78, 5) is 0. The van der Waals surface area contributed by atoms with Gasteiger partial charge in [0.25, 0.3) is 0 Å². The zero-order valence-electron chi connectivity index (χ0n) is 24.6. The summed E-state index contributed by atoms with van der Waals surface area (Å²) in [6.45, 7) is 12.9. The quantitative estimate of drug-likeness (QED) is 0.127. The van der Waals surface area contributed by atoms with Crippen LogP contribution >= 0.6 is 0 Å². The van der Waals surface area contributed by atoms with Crippen molar-refractivity contribution in [3.8, 4) is 0 Å². The van der Waals surface area contributed by atoms with E-state index in [4.69, 9.17) is 43.0 Å². The van der Waals surface area contributed by atoms with E-state index >= 15 is 0 Å². The van der Waals surface area contributed by atoms with E-state index in [-0.39, 0.29) is 6.61 Å². The molecule has 9 nitrogen and oxygen atoms in total. The molecule has 0 aliphatic heterocycles. The highest BCUT2D eigenvalue weighted by atomic mass is 16.6. The van der Waals surface area contributed by atoms with Crippen molar-refractivity contribution in [2.24, 2.45) is 0 Å². The number of hydrogen-bond donors (Lipinski definition) is 1. The molecule has 0 heterocycles. The van der Waals surface area contributed by atoms with Crippen LogP contribution in [0.15, 0.2) is 30.8 Å². The Balaban J connectivity index is 1.65. The first-order valence-corrected chi connectivity index (χ1v) is 14.8. The fourth-order valence-electron chi connectivity index (χ4n) is 3.54. The number of ether oxygens (including phenoxy) is 8. The lowest BCUT2D eigenvalue weighted by molar-refractivity contribution is -0.0215. The van der Waals surface area contributed by atoms with Crippen LogP contribution in [0, 0.1) is 0 Å². The molecule has 1 rings (SSSR count). The minimum absolute atomic E-state index is 0.0333. The smallest absolute Gasteiger partial charge is 0.0716 e. The molecule has 0 aromatic heterocycles. The highest BCUT2D eigenvalue weighted by Crippen LogP contribution is 2.09. The van der Waals surface area contributed by atoms with E-state index in [0.717, 1.165) is 31.6 Å². The van der Waals surface area contributed by atoms with E-state index in [2.05, 4.69) is 30.8 Å². The van der Waals surface area contributed by atoms with Crippen molar-refractivity contribution < 1.29 is 43.0 Å². The molecule has 40 heavy (non-hydrogen) atoms. The zero-order chi connectivity index (χ0) is 28.6. The molecular weight excluding hydrogens is 516 g/mol. The normalized spacial score (nSPS) is 11.3. The maximum Gasteiger partial charge on any atom is 0.0716 e. The van der Waals surface area contributed by atoms with Crippen LogP contribution < -0.4 is 0 Å². The number of aliphatic hydroxyl groups is 1. The maximum atomic E-state index is 8.57. The third-order valence-corrected chi connectivity index (χ3v) is 5.78. The molecule has 0 unspecified atom stereocenters. The molecule has 1 aromatic rings. The van der Waals surface area contributed by atoms with Crippen molar-refractivity contribution in [3.05, 3.63) is 42.0 Å². The second-order valence-corrected chi connectivity index (χ2v) is 9.13. The van der Waals surface area contributed by atoms with Gasteiger partial charge in [-0.05, 0) is 24.0 Å². The van der Waals surface area contributed by atoms with Gasteiger partial charge in [-0.3, -0.25) is 0 Å². The van der Waals surface area contributed by atoms with Crippen LogP contribution in [0.1, 0.15) is 49.7 Å². The lowest BCUT2D eigenvalue weighted by atomic mass is 10.1. The third kappa shape index (κ3) is 25.6. The molecule has 0 saturated carbocycles. The van der Waals surface area contributed by atoms with Gasteiger partial charge in [0.2, 0.25) is 0 Å². The van der Waals surface area contributed by atoms with E-state index in [0.29, 0.717) is 92.5 Å². The van der Waals surface area contributed by atoms with Crippen LogP contribution in [0.5, 0.6) is 0 Å². The van der Waals surface area contributed by atoms with Crippen molar-refractivity contribution in [3.63, 3.8) is 0 Å². The zero-order valence-corrected chi connectivity index (χ0v) is 24.6. The fourth-order valence-corrected chi connectivity index (χ4v) is 3.54. The van der Waals surface area contributed by atoms with Gasteiger partial charge < -0.3 is 43.0 Å². The second-order valence-electron chi connectivity index (χ2n) is 9.13. The van der Waals surface area contributed by atoms with Crippen molar-refractivity contribution >= 4 is 6.08 Å². The molecule has 0 atom stereocenters. The number of benzene rings is 1. The number of unbranched alkanes of at least 4 members (excludes halogenated alkanes) is 5. The topological polar surface area (TPSA) is 94.1 Å².